The second-order valence-corrected chi connectivity index (χ2v) is 4.20. The van der Waals surface area contributed by atoms with Crippen molar-refractivity contribution in [3.63, 3.8) is 0 Å². The lowest BCUT2D eigenvalue weighted by molar-refractivity contribution is -0.0758. The Balaban J connectivity index is 3.09. The Morgan fingerprint density at radius 1 is 1.47 bits per heavy atom. The van der Waals surface area contributed by atoms with E-state index >= 15 is 0 Å². The lowest BCUT2D eigenvalue weighted by Crippen LogP contribution is -2.49. The van der Waals surface area contributed by atoms with Crippen LogP contribution in [0.15, 0.2) is 12.4 Å². The van der Waals surface area contributed by atoms with Gasteiger partial charge in [0, 0.05) is 26.0 Å². The van der Waals surface area contributed by atoms with Gasteiger partial charge in [-0.05, 0) is 19.8 Å². The highest BCUT2D eigenvalue weighted by molar-refractivity contribution is 5.07. The number of nitrogens with zero attached hydrogens (tertiary/aromatic N) is 2. The number of aryl methyl sites for hydroxylation is 1. The van der Waals surface area contributed by atoms with Gasteiger partial charge < -0.3 is 9.30 Å². The third kappa shape index (κ3) is 2.68. The third-order valence-electron chi connectivity index (χ3n) is 3.44. The fourth-order valence-corrected chi connectivity index (χ4v) is 2.35. The van der Waals surface area contributed by atoms with Crippen molar-refractivity contribution in [2.24, 2.45) is 12.9 Å². The quantitative estimate of drug-likeness (QED) is 0.560. The first-order chi connectivity index (χ1) is 8.15. The van der Waals surface area contributed by atoms with Gasteiger partial charge in [-0.15, -0.1) is 0 Å². The van der Waals surface area contributed by atoms with Gasteiger partial charge in [-0.25, -0.2) is 10.4 Å². The summed E-state index contributed by atoms with van der Waals surface area (Å²) in [4.78, 5) is 4.37. The van der Waals surface area contributed by atoms with Crippen LogP contribution in [0.25, 0.3) is 0 Å². The molecule has 1 unspecified atom stereocenters. The summed E-state index contributed by atoms with van der Waals surface area (Å²) < 4.78 is 7.94. The molecule has 1 heterocycles. The average Bonchev–Trinajstić information content (AvgIpc) is 2.75. The summed E-state index contributed by atoms with van der Waals surface area (Å²) in [6.45, 7) is 6.91. The van der Waals surface area contributed by atoms with Crippen molar-refractivity contribution in [1.82, 2.24) is 15.0 Å². The molecule has 0 spiro atoms. The van der Waals surface area contributed by atoms with Crippen molar-refractivity contribution in [1.29, 1.82) is 0 Å². The number of imidazole rings is 1. The summed E-state index contributed by atoms with van der Waals surface area (Å²) in [6, 6.07) is -0.0996. The number of hydrogen-bond donors (Lipinski definition) is 2. The Hall–Kier alpha value is -0.910. The fraction of sp³-hybridized carbons (Fsp3) is 0.750. The standard InChI is InChI=1S/C12H24N4O/c1-5-12(6-2,17-7-3)10(15-13)11-14-8-9-16(11)4/h8-10,15H,5-7,13H2,1-4H3. The molecular weight excluding hydrogens is 216 g/mol. The average molecular weight is 240 g/mol. The maximum Gasteiger partial charge on any atom is 0.129 e. The summed E-state index contributed by atoms with van der Waals surface area (Å²) in [5, 5.41) is 0. The minimum atomic E-state index is -0.303. The number of nitrogens with one attached hydrogen (secondary N) is 1. The number of hydrogen-bond acceptors (Lipinski definition) is 4. The molecule has 17 heavy (non-hydrogen) atoms. The number of hydrazine groups is 1. The van der Waals surface area contributed by atoms with Crippen LogP contribution in [0.3, 0.4) is 0 Å². The minimum absolute atomic E-state index is 0.0996. The van der Waals surface area contributed by atoms with Crippen LogP contribution in [0.5, 0.6) is 0 Å². The van der Waals surface area contributed by atoms with Crippen molar-refractivity contribution in [3.8, 4) is 0 Å². The molecule has 1 aromatic rings. The van der Waals surface area contributed by atoms with Crippen LogP contribution < -0.4 is 11.3 Å². The van der Waals surface area contributed by atoms with Gasteiger partial charge in [-0.3, -0.25) is 5.84 Å². The molecule has 0 aliphatic carbocycles. The first-order valence-electron chi connectivity index (χ1n) is 6.22. The lowest BCUT2D eigenvalue weighted by Gasteiger charge is -2.38. The molecule has 3 N–H and O–H groups in total. The zero-order valence-electron chi connectivity index (χ0n) is 11.2. The zero-order valence-corrected chi connectivity index (χ0v) is 11.2. The largest absolute Gasteiger partial charge is 0.373 e. The summed E-state index contributed by atoms with van der Waals surface area (Å²) in [6.07, 6.45) is 5.47. The van der Waals surface area contributed by atoms with E-state index < -0.39 is 0 Å². The maximum absolute atomic E-state index is 5.96. The molecule has 0 aliphatic heterocycles. The summed E-state index contributed by atoms with van der Waals surface area (Å²) in [5.41, 5.74) is 2.56. The molecule has 0 saturated carbocycles. The third-order valence-corrected chi connectivity index (χ3v) is 3.44. The van der Waals surface area contributed by atoms with E-state index in [4.69, 9.17) is 10.6 Å². The van der Waals surface area contributed by atoms with Gasteiger partial charge in [0.2, 0.25) is 0 Å². The molecule has 5 heteroatoms. The molecule has 1 atom stereocenters. The molecule has 0 aliphatic rings. The number of rotatable bonds is 7. The predicted molar refractivity (Wildman–Crippen MR) is 68.2 cm³/mol. The molecule has 5 nitrogen and oxygen atoms in total. The second kappa shape index (κ2) is 6.14. The van der Waals surface area contributed by atoms with Crippen LogP contribution in [0.1, 0.15) is 45.5 Å². The van der Waals surface area contributed by atoms with Gasteiger partial charge in [0.15, 0.2) is 0 Å². The van der Waals surface area contributed by atoms with Crippen molar-refractivity contribution in [2.45, 2.75) is 45.3 Å². The van der Waals surface area contributed by atoms with Crippen LogP contribution in [0, 0.1) is 0 Å². The van der Waals surface area contributed by atoms with Crippen LogP contribution in [0.4, 0.5) is 0 Å². The van der Waals surface area contributed by atoms with E-state index in [1.807, 2.05) is 24.7 Å². The van der Waals surface area contributed by atoms with Gasteiger partial charge in [-0.1, -0.05) is 13.8 Å². The predicted octanol–water partition coefficient (Wildman–Crippen LogP) is 1.52. The van der Waals surface area contributed by atoms with E-state index in [2.05, 4.69) is 24.3 Å². The fourth-order valence-electron chi connectivity index (χ4n) is 2.35. The molecule has 1 rings (SSSR count). The van der Waals surface area contributed by atoms with Crippen molar-refractivity contribution in [2.75, 3.05) is 6.61 Å². The van der Waals surface area contributed by atoms with Crippen LogP contribution in [0.2, 0.25) is 0 Å². The Kier molecular flexibility index (Phi) is 5.11. The highest BCUT2D eigenvalue weighted by Crippen LogP contribution is 2.33. The molecule has 0 aromatic carbocycles. The van der Waals surface area contributed by atoms with Gasteiger partial charge >= 0.3 is 0 Å². The minimum Gasteiger partial charge on any atom is -0.373 e. The smallest absolute Gasteiger partial charge is 0.129 e. The molecule has 0 bridgehead atoms. The molecule has 0 amide bonds. The van der Waals surface area contributed by atoms with E-state index in [9.17, 15) is 0 Å². The molecule has 0 fully saturated rings. The molecule has 1 aromatic heterocycles. The molecular formula is C12H24N4O. The first kappa shape index (κ1) is 14.2. The van der Waals surface area contributed by atoms with Gasteiger partial charge in [0.1, 0.15) is 11.9 Å². The SMILES string of the molecule is CCOC(CC)(CC)C(NN)c1nccn1C. The number of aromatic nitrogens is 2. The van der Waals surface area contributed by atoms with Crippen molar-refractivity contribution >= 4 is 0 Å². The van der Waals surface area contributed by atoms with Gasteiger partial charge in [0.25, 0.3) is 0 Å². The number of ether oxygens (including phenoxy) is 1. The highest BCUT2D eigenvalue weighted by Gasteiger charge is 2.39. The highest BCUT2D eigenvalue weighted by atomic mass is 16.5. The van der Waals surface area contributed by atoms with Gasteiger partial charge in [0.05, 0.1) is 5.60 Å². The first-order valence-corrected chi connectivity index (χ1v) is 6.22. The van der Waals surface area contributed by atoms with Crippen LogP contribution >= 0.6 is 0 Å². The molecule has 0 saturated heterocycles. The summed E-state index contributed by atoms with van der Waals surface area (Å²) in [7, 11) is 1.97. The van der Waals surface area contributed by atoms with E-state index in [-0.39, 0.29) is 11.6 Å². The monoisotopic (exact) mass is 240 g/mol. The van der Waals surface area contributed by atoms with E-state index in [0.29, 0.717) is 6.61 Å². The van der Waals surface area contributed by atoms with Crippen LogP contribution in [-0.2, 0) is 11.8 Å². The normalized spacial score (nSPS) is 13.9. The Morgan fingerprint density at radius 3 is 2.47 bits per heavy atom. The van der Waals surface area contributed by atoms with E-state index in [1.165, 1.54) is 0 Å². The van der Waals surface area contributed by atoms with Crippen molar-refractivity contribution in [3.05, 3.63) is 18.2 Å². The Bertz CT molecular complexity index is 333. The van der Waals surface area contributed by atoms with Crippen molar-refractivity contribution < 1.29 is 4.74 Å². The molecule has 0 radical (unpaired) electrons. The Labute approximate surface area is 103 Å². The lowest BCUT2D eigenvalue weighted by atomic mass is 9.87. The Morgan fingerprint density at radius 2 is 2.12 bits per heavy atom. The van der Waals surface area contributed by atoms with Crippen LogP contribution in [-0.4, -0.2) is 21.8 Å². The maximum atomic E-state index is 5.96. The van der Waals surface area contributed by atoms with E-state index in [1.54, 1.807) is 6.20 Å². The number of nitrogens with two attached hydrogens (primary N) is 1. The zero-order chi connectivity index (χ0) is 12.9. The van der Waals surface area contributed by atoms with Gasteiger partial charge in [-0.2, -0.15) is 0 Å². The van der Waals surface area contributed by atoms with E-state index in [0.717, 1.165) is 18.7 Å². The topological polar surface area (TPSA) is 65.1 Å². The summed E-state index contributed by atoms with van der Waals surface area (Å²) in [5.74, 6) is 6.62. The summed E-state index contributed by atoms with van der Waals surface area (Å²) >= 11 is 0. The second-order valence-electron chi connectivity index (χ2n) is 4.20. The molecule has 98 valence electrons.